The Labute approximate surface area is 140 Å². The van der Waals surface area contributed by atoms with Gasteiger partial charge in [-0.25, -0.2) is 4.79 Å². The van der Waals surface area contributed by atoms with Gasteiger partial charge in [0.25, 0.3) is 0 Å². The smallest absolute Gasteiger partial charge is 0.407 e. The third-order valence-electron chi connectivity index (χ3n) is 4.33. The Morgan fingerprint density at radius 3 is 2.25 bits per heavy atom. The molecule has 1 fully saturated rings. The topological polar surface area (TPSA) is 75.6 Å². The van der Waals surface area contributed by atoms with Crippen LogP contribution in [0.5, 0.6) is 0 Å². The molecule has 1 aliphatic rings. The van der Waals surface area contributed by atoms with E-state index in [1.807, 2.05) is 60.7 Å². The third kappa shape index (κ3) is 3.74. The zero-order chi connectivity index (χ0) is 16.9. The van der Waals surface area contributed by atoms with Crippen LogP contribution in [0.3, 0.4) is 0 Å². The lowest BCUT2D eigenvalue weighted by atomic mass is 10.1. The molecule has 1 aliphatic carbocycles. The van der Waals surface area contributed by atoms with E-state index < -0.39 is 18.0 Å². The van der Waals surface area contributed by atoms with Gasteiger partial charge in [0.05, 0.1) is 5.92 Å². The molecule has 0 bridgehead atoms. The number of nitrogens with one attached hydrogen (secondary N) is 1. The van der Waals surface area contributed by atoms with Crippen LogP contribution in [0.1, 0.15) is 17.0 Å². The van der Waals surface area contributed by atoms with Crippen molar-refractivity contribution in [1.29, 1.82) is 0 Å². The molecule has 0 aliphatic heterocycles. The fraction of sp³-hybridized carbons (Fsp3) is 0.263. The summed E-state index contributed by atoms with van der Waals surface area (Å²) in [6.07, 6.45) is -0.526. The van der Waals surface area contributed by atoms with Crippen LogP contribution in [-0.2, 0) is 16.1 Å². The van der Waals surface area contributed by atoms with Gasteiger partial charge >= 0.3 is 12.1 Å². The summed E-state index contributed by atoms with van der Waals surface area (Å²) in [6.45, 7) is 0.492. The van der Waals surface area contributed by atoms with E-state index in [4.69, 9.17) is 4.74 Å². The monoisotopic (exact) mass is 325 g/mol. The first-order valence-electron chi connectivity index (χ1n) is 7.89. The first-order valence-corrected chi connectivity index (χ1v) is 7.89. The number of hydrogen-bond donors (Lipinski definition) is 2. The Hall–Kier alpha value is -2.82. The van der Waals surface area contributed by atoms with E-state index in [0.717, 1.165) is 11.1 Å². The van der Waals surface area contributed by atoms with Gasteiger partial charge in [0.2, 0.25) is 0 Å². The molecule has 24 heavy (non-hydrogen) atoms. The van der Waals surface area contributed by atoms with E-state index in [-0.39, 0.29) is 18.4 Å². The molecule has 0 heterocycles. The molecule has 2 aromatic carbocycles. The predicted molar refractivity (Wildman–Crippen MR) is 88.4 cm³/mol. The second kappa shape index (κ2) is 7.17. The minimum Gasteiger partial charge on any atom is -0.481 e. The molecule has 2 N–H and O–H groups in total. The molecule has 5 heteroatoms. The molecule has 0 radical (unpaired) electrons. The highest BCUT2D eigenvalue weighted by molar-refractivity contribution is 5.76. The summed E-state index contributed by atoms with van der Waals surface area (Å²) in [4.78, 5) is 23.2. The molecular formula is C19H19NO4. The highest BCUT2D eigenvalue weighted by atomic mass is 16.5. The molecule has 2 aromatic rings. The van der Waals surface area contributed by atoms with Gasteiger partial charge in [-0.05, 0) is 17.0 Å². The normalized spacial score (nSPS) is 21.8. The summed E-state index contributed by atoms with van der Waals surface area (Å²) >= 11 is 0. The Morgan fingerprint density at radius 2 is 1.62 bits per heavy atom. The van der Waals surface area contributed by atoms with Crippen LogP contribution in [0, 0.1) is 11.8 Å². The Balaban J connectivity index is 1.50. The fourth-order valence-electron chi connectivity index (χ4n) is 3.07. The van der Waals surface area contributed by atoms with Gasteiger partial charge in [-0.15, -0.1) is 0 Å². The lowest BCUT2D eigenvalue weighted by molar-refractivity contribution is -0.139. The van der Waals surface area contributed by atoms with Crippen molar-refractivity contribution in [1.82, 2.24) is 5.32 Å². The van der Waals surface area contributed by atoms with Crippen molar-refractivity contribution in [3.63, 3.8) is 0 Å². The highest BCUT2D eigenvalue weighted by Crippen LogP contribution is 2.53. The molecule has 1 saturated carbocycles. The van der Waals surface area contributed by atoms with E-state index in [1.54, 1.807) is 0 Å². The second-order valence-electron chi connectivity index (χ2n) is 5.91. The minimum absolute atomic E-state index is 0.0573. The number of hydrogen-bond acceptors (Lipinski definition) is 3. The maximum absolute atomic E-state index is 11.8. The van der Waals surface area contributed by atoms with E-state index in [9.17, 15) is 14.7 Å². The lowest BCUT2D eigenvalue weighted by Gasteiger charge is -2.07. The van der Waals surface area contributed by atoms with Crippen molar-refractivity contribution in [2.45, 2.75) is 12.5 Å². The first-order chi connectivity index (χ1) is 11.7. The third-order valence-corrected chi connectivity index (χ3v) is 4.33. The fourth-order valence-corrected chi connectivity index (χ4v) is 3.07. The number of carboxylic acids is 1. The van der Waals surface area contributed by atoms with Crippen molar-refractivity contribution in [3.05, 3.63) is 71.8 Å². The van der Waals surface area contributed by atoms with Crippen molar-refractivity contribution in [2.75, 3.05) is 6.54 Å². The molecular weight excluding hydrogens is 306 g/mol. The number of aliphatic carboxylic acids is 1. The van der Waals surface area contributed by atoms with E-state index in [1.165, 1.54) is 0 Å². The predicted octanol–water partition coefficient (Wildman–Crippen LogP) is 3.03. The molecule has 1 amide bonds. The number of benzene rings is 2. The average Bonchev–Trinajstić information content (AvgIpc) is 3.34. The lowest BCUT2D eigenvalue weighted by Crippen LogP contribution is -2.27. The van der Waals surface area contributed by atoms with Crippen LogP contribution in [0.15, 0.2) is 60.7 Å². The van der Waals surface area contributed by atoms with Crippen LogP contribution < -0.4 is 5.32 Å². The van der Waals surface area contributed by atoms with Crippen LogP contribution >= 0.6 is 0 Å². The van der Waals surface area contributed by atoms with Gasteiger partial charge in [0, 0.05) is 12.5 Å². The molecule has 3 unspecified atom stereocenters. The van der Waals surface area contributed by atoms with Crippen LogP contribution in [-0.4, -0.2) is 23.7 Å². The summed E-state index contributed by atoms with van der Waals surface area (Å²) < 4.78 is 5.15. The zero-order valence-corrected chi connectivity index (χ0v) is 13.1. The SMILES string of the molecule is O=C(NCC1C(C(=O)O)C1c1ccccc1)OCc1ccccc1. The van der Waals surface area contributed by atoms with E-state index in [0.29, 0.717) is 6.54 Å². The molecule has 0 aromatic heterocycles. The summed E-state index contributed by atoms with van der Waals surface area (Å²) in [5.41, 5.74) is 1.90. The molecule has 124 valence electrons. The number of carbonyl (C=O) groups excluding carboxylic acids is 1. The molecule has 0 spiro atoms. The summed E-state index contributed by atoms with van der Waals surface area (Å²) in [7, 11) is 0. The van der Waals surface area contributed by atoms with Crippen LogP contribution in [0.4, 0.5) is 4.79 Å². The van der Waals surface area contributed by atoms with E-state index in [2.05, 4.69) is 5.32 Å². The number of amides is 1. The van der Waals surface area contributed by atoms with Crippen molar-refractivity contribution in [3.8, 4) is 0 Å². The number of ether oxygens (including phenoxy) is 1. The van der Waals surface area contributed by atoms with Gasteiger partial charge in [0.1, 0.15) is 6.61 Å². The maximum Gasteiger partial charge on any atom is 0.407 e. The Bertz CT molecular complexity index is 702. The quantitative estimate of drug-likeness (QED) is 0.856. The van der Waals surface area contributed by atoms with Crippen LogP contribution in [0.2, 0.25) is 0 Å². The number of carbonyl (C=O) groups is 2. The maximum atomic E-state index is 11.8. The molecule has 0 saturated heterocycles. The van der Waals surface area contributed by atoms with Crippen molar-refractivity contribution in [2.24, 2.45) is 11.8 Å². The number of carboxylic acid groups (broad SMARTS) is 1. The second-order valence-corrected chi connectivity index (χ2v) is 5.91. The average molecular weight is 325 g/mol. The largest absolute Gasteiger partial charge is 0.481 e. The zero-order valence-electron chi connectivity index (χ0n) is 13.1. The van der Waals surface area contributed by atoms with Gasteiger partial charge < -0.3 is 15.2 Å². The number of rotatable bonds is 6. The first kappa shape index (κ1) is 16.1. The summed E-state index contributed by atoms with van der Waals surface area (Å²) in [5.74, 6) is -1.44. The summed E-state index contributed by atoms with van der Waals surface area (Å²) in [6, 6.07) is 18.9. The molecule has 3 atom stereocenters. The minimum atomic E-state index is -0.826. The van der Waals surface area contributed by atoms with E-state index >= 15 is 0 Å². The number of alkyl carbamates (subject to hydrolysis) is 1. The summed E-state index contributed by atoms with van der Waals surface area (Å²) in [5, 5.41) is 12.0. The van der Waals surface area contributed by atoms with Gasteiger partial charge in [-0.1, -0.05) is 60.7 Å². The van der Waals surface area contributed by atoms with Crippen molar-refractivity contribution < 1.29 is 19.4 Å². The Kier molecular flexibility index (Phi) is 4.79. The molecule has 5 nitrogen and oxygen atoms in total. The Morgan fingerprint density at radius 1 is 1.00 bits per heavy atom. The van der Waals surface area contributed by atoms with Crippen molar-refractivity contribution >= 4 is 12.1 Å². The van der Waals surface area contributed by atoms with Gasteiger partial charge in [-0.3, -0.25) is 4.79 Å². The molecule has 3 rings (SSSR count). The van der Waals surface area contributed by atoms with Gasteiger partial charge in [0.15, 0.2) is 0 Å². The van der Waals surface area contributed by atoms with Crippen LogP contribution in [0.25, 0.3) is 0 Å². The standard InChI is InChI=1S/C19H19NO4/c21-18(22)17-15(16(17)14-9-5-2-6-10-14)11-20-19(23)24-12-13-7-3-1-4-8-13/h1-10,15-17H,11-12H2,(H,20,23)(H,21,22). The highest BCUT2D eigenvalue weighted by Gasteiger charge is 2.55. The van der Waals surface area contributed by atoms with Gasteiger partial charge in [-0.2, -0.15) is 0 Å².